The van der Waals surface area contributed by atoms with Crippen LogP contribution in [0, 0.1) is 5.92 Å². The van der Waals surface area contributed by atoms with E-state index in [0.717, 1.165) is 37.1 Å². The second kappa shape index (κ2) is 9.48. The Labute approximate surface area is 175 Å². The summed E-state index contributed by atoms with van der Waals surface area (Å²) >= 11 is 1.43. The second-order valence-corrected chi connectivity index (χ2v) is 9.13. The largest absolute Gasteiger partial charge is 0.339 e. The first-order valence-corrected chi connectivity index (χ1v) is 11.5. The maximum Gasteiger partial charge on any atom is 0.231 e. The van der Waals surface area contributed by atoms with Crippen molar-refractivity contribution in [3.05, 3.63) is 40.9 Å². The van der Waals surface area contributed by atoms with E-state index < -0.39 is 0 Å². The van der Waals surface area contributed by atoms with Crippen molar-refractivity contribution < 1.29 is 9.59 Å². The van der Waals surface area contributed by atoms with Gasteiger partial charge in [0.25, 0.3) is 0 Å². The molecule has 6 nitrogen and oxygen atoms in total. The van der Waals surface area contributed by atoms with Crippen LogP contribution in [0.15, 0.2) is 30.3 Å². The number of carbonyl (C=O) groups is 2. The lowest BCUT2D eigenvalue weighted by Gasteiger charge is -2.31. The smallest absolute Gasteiger partial charge is 0.231 e. The van der Waals surface area contributed by atoms with Crippen molar-refractivity contribution in [1.29, 1.82) is 0 Å². The van der Waals surface area contributed by atoms with Gasteiger partial charge in [0, 0.05) is 25.4 Å². The molecule has 1 saturated heterocycles. The van der Waals surface area contributed by atoms with E-state index >= 15 is 0 Å². The van der Waals surface area contributed by atoms with Crippen molar-refractivity contribution in [3.63, 3.8) is 0 Å². The lowest BCUT2D eigenvalue weighted by molar-refractivity contribution is -0.130. The fourth-order valence-electron chi connectivity index (χ4n) is 4.35. The second-order valence-electron chi connectivity index (χ2n) is 8.07. The minimum Gasteiger partial charge on any atom is -0.339 e. The molecule has 1 aromatic heterocycles. The van der Waals surface area contributed by atoms with E-state index in [0.29, 0.717) is 24.1 Å². The van der Waals surface area contributed by atoms with Gasteiger partial charge in [-0.1, -0.05) is 60.9 Å². The number of hydrogen-bond donors (Lipinski definition) is 1. The number of aryl methyl sites for hydroxylation is 2. The van der Waals surface area contributed by atoms with E-state index in [-0.39, 0.29) is 17.7 Å². The highest BCUT2D eigenvalue weighted by Crippen LogP contribution is 2.29. The van der Waals surface area contributed by atoms with Gasteiger partial charge in [0.1, 0.15) is 5.01 Å². The van der Waals surface area contributed by atoms with E-state index in [2.05, 4.69) is 39.8 Å². The predicted molar refractivity (Wildman–Crippen MR) is 114 cm³/mol. The first-order valence-electron chi connectivity index (χ1n) is 10.7. The molecule has 0 radical (unpaired) electrons. The van der Waals surface area contributed by atoms with Gasteiger partial charge in [0.15, 0.2) is 0 Å². The summed E-state index contributed by atoms with van der Waals surface area (Å²) in [6.45, 7) is 0.540. The average Bonchev–Trinajstić information content (AvgIpc) is 3.36. The molecule has 1 aliphatic heterocycles. The minimum atomic E-state index is -0.283. The van der Waals surface area contributed by atoms with E-state index in [1.54, 1.807) is 0 Å². The zero-order valence-electron chi connectivity index (χ0n) is 16.7. The number of hydrogen-bond acceptors (Lipinski definition) is 5. The first kappa shape index (κ1) is 20.0. The Balaban J connectivity index is 1.25. The predicted octanol–water partition coefficient (Wildman–Crippen LogP) is 3.83. The molecule has 0 bridgehead atoms. The van der Waals surface area contributed by atoms with E-state index in [1.807, 2.05) is 11.0 Å². The number of rotatable bonds is 7. The fourth-order valence-corrected chi connectivity index (χ4v) is 5.14. The van der Waals surface area contributed by atoms with Crippen LogP contribution in [0.3, 0.4) is 0 Å². The van der Waals surface area contributed by atoms with Crippen molar-refractivity contribution in [2.24, 2.45) is 5.92 Å². The highest BCUT2D eigenvalue weighted by Gasteiger charge is 2.38. The SMILES string of the molecule is O=C(Nc1nnc(CCCc2ccccc2)s1)C1CC(=O)N(C2CCCCC2)C1. The van der Waals surface area contributed by atoms with E-state index in [4.69, 9.17) is 0 Å². The molecule has 2 aromatic rings. The monoisotopic (exact) mass is 412 g/mol. The molecule has 29 heavy (non-hydrogen) atoms. The maximum atomic E-state index is 12.6. The van der Waals surface area contributed by atoms with Gasteiger partial charge < -0.3 is 10.2 Å². The number of likely N-dealkylation sites (tertiary alicyclic amines) is 1. The number of amides is 2. The molecule has 1 unspecified atom stereocenters. The third kappa shape index (κ3) is 5.21. The maximum absolute atomic E-state index is 12.6. The van der Waals surface area contributed by atoms with Crippen LogP contribution in [-0.4, -0.2) is 39.5 Å². The van der Waals surface area contributed by atoms with Crippen LogP contribution in [-0.2, 0) is 22.4 Å². The van der Waals surface area contributed by atoms with Crippen LogP contribution in [0.4, 0.5) is 5.13 Å². The Morgan fingerprint density at radius 1 is 1.10 bits per heavy atom. The van der Waals surface area contributed by atoms with Crippen LogP contribution < -0.4 is 5.32 Å². The van der Waals surface area contributed by atoms with Gasteiger partial charge in [-0.15, -0.1) is 10.2 Å². The molecule has 2 heterocycles. The van der Waals surface area contributed by atoms with Crippen LogP contribution in [0.25, 0.3) is 0 Å². The summed E-state index contributed by atoms with van der Waals surface area (Å²) < 4.78 is 0. The Hall–Kier alpha value is -2.28. The molecule has 1 aliphatic carbocycles. The standard InChI is InChI=1S/C22H28N4O2S/c27-20-14-17(15-26(20)18-11-5-2-6-12-18)21(28)23-22-25-24-19(29-22)13-7-10-16-8-3-1-4-9-16/h1,3-4,8-9,17-18H,2,5-7,10-15H2,(H,23,25,28). The zero-order chi connectivity index (χ0) is 20.1. The van der Waals surface area contributed by atoms with E-state index in [1.165, 1.54) is 36.2 Å². The molecular formula is C22H28N4O2S. The summed E-state index contributed by atoms with van der Waals surface area (Å²) in [5.74, 6) is -0.269. The number of anilines is 1. The molecule has 2 fully saturated rings. The topological polar surface area (TPSA) is 75.2 Å². The van der Waals surface area contributed by atoms with Crippen LogP contribution >= 0.6 is 11.3 Å². The molecule has 2 aliphatic rings. The van der Waals surface area contributed by atoms with Gasteiger partial charge >= 0.3 is 0 Å². The molecule has 1 saturated carbocycles. The normalized spacial score (nSPS) is 20.2. The fraction of sp³-hybridized carbons (Fsp3) is 0.545. The molecule has 0 spiro atoms. The zero-order valence-corrected chi connectivity index (χ0v) is 17.5. The number of carbonyl (C=O) groups excluding carboxylic acids is 2. The van der Waals surface area contributed by atoms with Gasteiger partial charge in [0.2, 0.25) is 16.9 Å². The first-order chi connectivity index (χ1) is 14.2. The summed E-state index contributed by atoms with van der Waals surface area (Å²) in [4.78, 5) is 27.0. The Morgan fingerprint density at radius 2 is 1.90 bits per heavy atom. The molecule has 1 aromatic carbocycles. The van der Waals surface area contributed by atoms with Crippen LogP contribution in [0.1, 0.15) is 55.5 Å². The van der Waals surface area contributed by atoms with Gasteiger partial charge in [-0.25, -0.2) is 0 Å². The molecule has 1 N–H and O–H groups in total. The summed E-state index contributed by atoms with van der Waals surface area (Å²) in [5, 5.41) is 12.7. The van der Waals surface area contributed by atoms with Crippen molar-refractivity contribution in [1.82, 2.24) is 15.1 Å². The van der Waals surface area contributed by atoms with Gasteiger partial charge in [-0.3, -0.25) is 9.59 Å². The lowest BCUT2D eigenvalue weighted by Crippen LogP contribution is -2.38. The van der Waals surface area contributed by atoms with Crippen molar-refractivity contribution in [3.8, 4) is 0 Å². The molecule has 7 heteroatoms. The molecule has 4 rings (SSSR count). The van der Waals surface area contributed by atoms with Gasteiger partial charge in [-0.2, -0.15) is 0 Å². The Morgan fingerprint density at radius 3 is 2.69 bits per heavy atom. The van der Waals surface area contributed by atoms with Crippen molar-refractivity contribution in [2.75, 3.05) is 11.9 Å². The summed E-state index contributed by atoms with van der Waals surface area (Å²) in [6.07, 6.45) is 8.93. The number of nitrogens with one attached hydrogen (secondary N) is 1. The minimum absolute atomic E-state index is 0.108. The highest BCUT2D eigenvalue weighted by atomic mass is 32.1. The highest BCUT2D eigenvalue weighted by molar-refractivity contribution is 7.15. The summed E-state index contributed by atoms with van der Waals surface area (Å²) in [5.41, 5.74) is 1.32. The van der Waals surface area contributed by atoms with E-state index in [9.17, 15) is 9.59 Å². The molecular weight excluding hydrogens is 384 g/mol. The summed E-state index contributed by atoms with van der Waals surface area (Å²) in [6, 6.07) is 10.7. The van der Waals surface area contributed by atoms with Gasteiger partial charge in [-0.05, 0) is 31.2 Å². The number of nitrogens with zero attached hydrogens (tertiary/aromatic N) is 3. The third-order valence-electron chi connectivity index (χ3n) is 5.94. The van der Waals surface area contributed by atoms with Crippen molar-refractivity contribution in [2.45, 2.75) is 63.8 Å². The van der Waals surface area contributed by atoms with Crippen LogP contribution in [0.5, 0.6) is 0 Å². The van der Waals surface area contributed by atoms with Crippen LogP contribution in [0.2, 0.25) is 0 Å². The Bertz CT molecular complexity index is 832. The number of benzene rings is 1. The molecule has 154 valence electrons. The average molecular weight is 413 g/mol. The molecule has 2 amide bonds. The lowest BCUT2D eigenvalue weighted by atomic mass is 9.94. The summed E-state index contributed by atoms with van der Waals surface area (Å²) in [7, 11) is 0. The Kier molecular flexibility index (Phi) is 6.54. The van der Waals surface area contributed by atoms with Crippen molar-refractivity contribution >= 4 is 28.3 Å². The van der Waals surface area contributed by atoms with Gasteiger partial charge in [0.05, 0.1) is 5.92 Å². The molecule has 1 atom stereocenters. The third-order valence-corrected chi connectivity index (χ3v) is 6.84. The number of aromatic nitrogens is 2. The quantitative estimate of drug-likeness (QED) is 0.750.